The molecule has 2 aliphatic rings. The summed E-state index contributed by atoms with van der Waals surface area (Å²) in [6, 6.07) is 9.81. The van der Waals surface area contributed by atoms with Gasteiger partial charge in [-0.05, 0) is 45.0 Å². The highest BCUT2D eigenvalue weighted by Gasteiger charge is 2.41. The zero-order chi connectivity index (χ0) is 19.3. The van der Waals surface area contributed by atoms with E-state index in [1.54, 1.807) is 11.7 Å². The highest BCUT2D eigenvalue weighted by atomic mass is 16.5. The topological polar surface area (TPSA) is 37.7 Å². The van der Waals surface area contributed by atoms with Gasteiger partial charge in [0.1, 0.15) is 5.75 Å². The van der Waals surface area contributed by atoms with Crippen LogP contribution in [0.5, 0.6) is 5.75 Å². The van der Waals surface area contributed by atoms with Gasteiger partial charge in [0.05, 0.1) is 7.11 Å². The number of hydrogen-bond donors (Lipinski definition) is 0. The Morgan fingerprint density at radius 2 is 1.89 bits per heavy atom. The Bertz CT molecular complexity index is 932. The number of likely N-dealkylation sites (N-methyl/N-ethyl adjacent to an activating group) is 1. The van der Waals surface area contributed by atoms with Crippen LogP contribution in [-0.4, -0.2) is 53.7 Å². The molecule has 5 heteroatoms. The van der Waals surface area contributed by atoms with Gasteiger partial charge in [0.2, 0.25) is 0 Å². The molecule has 1 aromatic carbocycles. The number of fused-ring (bicyclic) bond motifs is 2. The number of likely N-dealkylation sites (tertiary alicyclic amines) is 2. The monoisotopic (exact) mass is 367 g/mol. The highest BCUT2D eigenvalue weighted by Crippen LogP contribution is 2.34. The lowest BCUT2D eigenvalue weighted by molar-refractivity contribution is 0.142. The summed E-state index contributed by atoms with van der Waals surface area (Å²) in [5, 5.41) is 0. The van der Waals surface area contributed by atoms with Crippen LogP contribution in [0.3, 0.4) is 0 Å². The molecule has 2 saturated heterocycles. The first-order chi connectivity index (χ1) is 12.9. The first kappa shape index (κ1) is 18.3. The van der Waals surface area contributed by atoms with Crippen molar-refractivity contribution in [1.29, 1.82) is 0 Å². The molecule has 0 N–H and O–H groups in total. The predicted molar refractivity (Wildman–Crippen MR) is 108 cm³/mol. The van der Waals surface area contributed by atoms with Crippen molar-refractivity contribution in [2.24, 2.45) is 7.05 Å². The molecule has 144 valence electrons. The van der Waals surface area contributed by atoms with Crippen LogP contribution in [0.1, 0.15) is 23.2 Å². The van der Waals surface area contributed by atoms with Crippen molar-refractivity contribution in [1.82, 2.24) is 14.4 Å². The number of pyridine rings is 1. The molecule has 2 aliphatic heterocycles. The minimum Gasteiger partial charge on any atom is -0.496 e. The second-order valence-corrected chi connectivity index (χ2v) is 8.13. The first-order valence-electron chi connectivity index (χ1n) is 9.68. The summed E-state index contributed by atoms with van der Waals surface area (Å²) >= 11 is 0. The van der Waals surface area contributed by atoms with Gasteiger partial charge in [-0.25, -0.2) is 0 Å². The Labute approximate surface area is 161 Å². The van der Waals surface area contributed by atoms with Gasteiger partial charge in [-0.3, -0.25) is 9.69 Å². The van der Waals surface area contributed by atoms with Gasteiger partial charge in [-0.2, -0.15) is 0 Å². The van der Waals surface area contributed by atoms with Crippen LogP contribution in [0, 0.1) is 13.8 Å². The molecule has 2 unspecified atom stereocenters. The fourth-order valence-electron chi connectivity index (χ4n) is 4.68. The van der Waals surface area contributed by atoms with Crippen LogP contribution in [0.15, 0.2) is 29.1 Å². The maximum absolute atomic E-state index is 12.2. The summed E-state index contributed by atoms with van der Waals surface area (Å²) in [5.74, 6) is 0.925. The van der Waals surface area contributed by atoms with Gasteiger partial charge >= 0.3 is 0 Å². The largest absolute Gasteiger partial charge is 0.496 e. The average Bonchev–Trinajstić information content (AvgIpc) is 3.22. The standard InChI is InChI=1S/C22H29N3O2/c1-14-8-20(15(2)24(4)22(14)26)16-6-7-17(21(9-16)27-5)11-25-13-18-10-19(25)12-23(18)3/h6-9,18-19H,10-13H2,1-5H3. The average molecular weight is 367 g/mol. The predicted octanol–water partition coefficient (Wildman–Crippen LogP) is 2.57. The molecular formula is C22H29N3O2. The van der Waals surface area contributed by atoms with E-state index in [-0.39, 0.29) is 5.56 Å². The molecule has 5 nitrogen and oxygen atoms in total. The number of hydrogen-bond acceptors (Lipinski definition) is 4. The number of benzene rings is 1. The first-order valence-corrected chi connectivity index (χ1v) is 9.68. The lowest BCUT2D eigenvalue weighted by Gasteiger charge is -2.32. The molecule has 2 bridgehead atoms. The molecule has 1 aromatic heterocycles. The Morgan fingerprint density at radius 1 is 1.11 bits per heavy atom. The second kappa shape index (κ2) is 6.80. The van der Waals surface area contributed by atoms with E-state index in [1.807, 2.05) is 27.0 Å². The number of ether oxygens (including phenoxy) is 1. The molecule has 0 spiro atoms. The summed E-state index contributed by atoms with van der Waals surface area (Å²) in [6.45, 7) is 7.11. The lowest BCUT2D eigenvalue weighted by atomic mass is 10.00. The fourth-order valence-corrected chi connectivity index (χ4v) is 4.68. The fraction of sp³-hybridized carbons (Fsp3) is 0.500. The molecule has 4 rings (SSSR count). The van der Waals surface area contributed by atoms with Crippen molar-refractivity contribution < 1.29 is 4.74 Å². The van der Waals surface area contributed by atoms with Gasteiger partial charge in [-0.1, -0.05) is 12.1 Å². The van der Waals surface area contributed by atoms with Crippen molar-refractivity contribution in [3.05, 3.63) is 51.4 Å². The molecule has 0 aliphatic carbocycles. The van der Waals surface area contributed by atoms with E-state index in [0.29, 0.717) is 12.1 Å². The van der Waals surface area contributed by atoms with Crippen LogP contribution in [-0.2, 0) is 13.6 Å². The zero-order valence-corrected chi connectivity index (χ0v) is 17.0. The molecular weight excluding hydrogens is 338 g/mol. The van der Waals surface area contributed by atoms with Gasteiger partial charge in [0.25, 0.3) is 5.56 Å². The third-order valence-corrected chi connectivity index (χ3v) is 6.50. The van der Waals surface area contributed by atoms with Crippen LogP contribution in [0.4, 0.5) is 0 Å². The second-order valence-electron chi connectivity index (χ2n) is 8.13. The smallest absolute Gasteiger partial charge is 0.253 e. The molecule has 27 heavy (non-hydrogen) atoms. The molecule has 3 heterocycles. The Balaban J connectivity index is 1.64. The molecule has 2 aromatic rings. The van der Waals surface area contributed by atoms with Gasteiger partial charge in [0, 0.05) is 61.1 Å². The number of aromatic nitrogens is 1. The molecule has 2 fully saturated rings. The number of rotatable bonds is 4. The summed E-state index contributed by atoms with van der Waals surface area (Å²) in [4.78, 5) is 17.2. The highest BCUT2D eigenvalue weighted by molar-refractivity contribution is 5.69. The van der Waals surface area contributed by atoms with Gasteiger partial charge in [0.15, 0.2) is 0 Å². The van der Waals surface area contributed by atoms with Crippen molar-refractivity contribution in [2.75, 3.05) is 27.2 Å². The van der Waals surface area contributed by atoms with Crippen LogP contribution < -0.4 is 10.3 Å². The van der Waals surface area contributed by atoms with E-state index in [2.05, 4.69) is 35.0 Å². The quantitative estimate of drug-likeness (QED) is 0.832. The number of nitrogens with zero attached hydrogens (tertiary/aromatic N) is 3. The summed E-state index contributed by atoms with van der Waals surface area (Å²) in [6.07, 6.45) is 1.29. The number of methoxy groups -OCH3 is 1. The Hall–Kier alpha value is -2.11. The molecule has 0 saturated carbocycles. The third kappa shape index (κ3) is 3.09. The third-order valence-electron chi connectivity index (χ3n) is 6.50. The number of aryl methyl sites for hydroxylation is 1. The van der Waals surface area contributed by atoms with E-state index in [4.69, 9.17) is 4.74 Å². The zero-order valence-electron chi connectivity index (χ0n) is 17.0. The van der Waals surface area contributed by atoms with Crippen molar-refractivity contribution in [2.45, 2.75) is 38.9 Å². The summed E-state index contributed by atoms with van der Waals surface area (Å²) < 4.78 is 7.46. The molecule has 0 amide bonds. The van der Waals surface area contributed by atoms with Gasteiger partial charge in [-0.15, -0.1) is 0 Å². The Morgan fingerprint density at radius 3 is 2.52 bits per heavy atom. The van der Waals surface area contributed by atoms with E-state index in [0.717, 1.165) is 41.2 Å². The molecule has 2 atom stereocenters. The van der Waals surface area contributed by atoms with Gasteiger partial charge < -0.3 is 14.2 Å². The minimum absolute atomic E-state index is 0.0638. The van der Waals surface area contributed by atoms with Crippen molar-refractivity contribution >= 4 is 0 Å². The van der Waals surface area contributed by atoms with E-state index in [9.17, 15) is 4.79 Å². The maximum atomic E-state index is 12.2. The van der Waals surface area contributed by atoms with Crippen LogP contribution in [0.2, 0.25) is 0 Å². The molecule has 0 radical (unpaired) electrons. The maximum Gasteiger partial charge on any atom is 0.253 e. The normalized spacial score (nSPS) is 22.6. The van der Waals surface area contributed by atoms with Crippen LogP contribution >= 0.6 is 0 Å². The lowest BCUT2D eigenvalue weighted by Crippen LogP contribution is -2.43. The van der Waals surface area contributed by atoms with E-state index < -0.39 is 0 Å². The SMILES string of the molecule is COc1cc(-c2cc(C)c(=O)n(C)c2C)ccc1CN1CC2CC1CN2C. The summed E-state index contributed by atoms with van der Waals surface area (Å²) in [7, 11) is 5.81. The van der Waals surface area contributed by atoms with Crippen LogP contribution in [0.25, 0.3) is 11.1 Å². The minimum atomic E-state index is 0.0638. The Kier molecular flexibility index (Phi) is 4.60. The van der Waals surface area contributed by atoms with E-state index in [1.165, 1.54) is 18.5 Å². The van der Waals surface area contributed by atoms with Crippen molar-refractivity contribution in [3.63, 3.8) is 0 Å². The number of piperazine rings is 1. The van der Waals surface area contributed by atoms with Crippen molar-refractivity contribution in [3.8, 4) is 16.9 Å². The van der Waals surface area contributed by atoms with E-state index >= 15 is 0 Å². The summed E-state index contributed by atoms with van der Waals surface area (Å²) in [5.41, 5.74) is 5.21.